The molecule has 21 heavy (non-hydrogen) atoms. The van der Waals surface area contributed by atoms with Crippen molar-refractivity contribution in [2.24, 2.45) is 0 Å². The second kappa shape index (κ2) is 5.06. The fraction of sp³-hybridized carbons (Fsp3) is 0.0714. The molecule has 7 heteroatoms. The third kappa shape index (κ3) is 2.21. The molecule has 0 aliphatic rings. The number of nitrogen functional groups attached to an aromatic ring is 1. The second-order valence-electron chi connectivity index (χ2n) is 4.30. The van der Waals surface area contributed by atoms with Crippen LogP contribution in [-0.2, 0) is 0 Å². The molecule has 0 fully saturated rings. The lowest BCUT2D eigenvalue weighted by Gasteiger charge is -2.10. The monoisotopic (exact) mass is 286 g/mol. The van der Waals surface area contributed by atoms with Gasteiger partial charge in [-0.25, -0.2) is 8.78 Å². The average Bonchev–Trinajstić information content (AvgIpc) is 2.42. The van der Waals surface area contributed by atoms with E-state index in [2.05, 4.69) is 4.98 Å². The molecule has 0 aliphatic carbocycles. The first-order valence-electron chi connectivity index (χ1n) is 5.72. The van der Waals surface area contributed by atoms with E-state index in [0.29, 0.717) is 6.07 Å². The predicted octanol–water partition coefficient (Wildman–Crippen LogP) is 1.95. The van der Waals surface area contributed by atoms with Crippen LogP contribution in [0.25, 0.3) is 11.1 Å². The number of hydrogen-bond acceptors (Lipinski definition) is 4. The fourth-order valence-corrected chi connectivity index (χ4v) is 1.96. The number of H-pyrrole nitrogens is 1. The van der Waals surface area contributed by atoms with Crippen molar-refractivity contribution in [2.45, 2.75) is 6.92 Å². The Kier molecular flexibility index (Phi) is 3.43. The minimum absolute atomic E-state index is 0.109. The highest BCUT2D eigenvalue weighted by molar-refractivity contribution is 5.80. The Morgan fingerprint density at radius 3 is 2.33 bits per heavy atom. The standard InChI is InChI=1S/C14H8F2N4O/c1-6-2-7(11(16)3-10(6)15)12-8(4-17)13(19)20-14(21)9(12)5-18/h2-3H,1H3,(H3,19,20,21). The Morgan fingerprint density at radius 1 is 1.14 bits per heavy atom. The van der Waals surface area contributed by atoms with Crippen molar-refractivity contribution >= 4 is 5.82 Å². The summed E-state index contributed by atoms with van der Waals surface area (Å²) >= 11 is 0. The number of nitrogens with two attached hydrogens (primary N) is 1. The van der Waals surface area contributed by atoms with Gasteiger partial charge in [-0.15, -0.1) is 0 Å². The van der Waals surface area contributed by atoms with Crippen molar-refractivity contribution in [2.75, 3.05) is 5.73 Å². The van der Waals surface area contributed by atoms with Gasteiger partial charge in [-0.3, -0.25) is 4.79 Å². The molecule has 0 radical (unpaired) electrons. The lowest BCUT2D eigenvalue weighted by atomic mass is 9.95. The summed E-state index contributed by atoms with van der Waals surface area (Å²) in [6.07, 6.45) is 0. The molecule has 0 unspecified atom stereocenters. The van der Waals surface area contributed by atoms with E-state index < -0.39 is 22.8 Å². The zero-order valence-corrected chi connectivity index (χ0v) is 10.8. The molecule has 3 N–H and O–H groups in total. The van der Waals surface area contributed by atoms with Crippen molar-refractivity contribution in [3.05, 3.63) is 50.8 Å². The lowest BCUT2D eigenvalue weighted by molar-refractivity contribution is 0.579. The van der Waals surface area contributed by atoms with E-state index in [1.54, 1.807) is 12.1 Å². The molecule has 0 aliphatic heterocycles. The average molecular weight is 286 g/mol. The largest absolute Gasteiger partial charge is 0.384 e. The maximum Gasteiger partial charge on any atom is 0.268 e. The number of benzene rings is 1. The summed E-state index contributed by atoms with van der Waals surface area (Å²) in [5.74, 6) is -2.04. The number of halogens is 2. The van der Waals surface area contributed by atoms with Crippen LogP contribution in [0.4, 0.5) is 14.6 Å². The summed E-state index contributed by atoms with van der Waals surface area (Å²) in [6.45, 7) is 1.40. The Morgan fingerprint density at radius 2 is 1.76 bits per heavy atom. The number of nitriles is 2. The number of aromatic amines is 1. The number of nitrogens with zero attached hydrogens (tertiary/aromatic N) is 2. The van der Waals surface area contributed by atoms with Crippen molar-refractivity contribution in [1.82, 2.24) is 4.98 Å². The van der Waals surface area contributed by atoms with E-state index in [0.717, 1.165) is 6.07 Å². The molecule has 0 atom stereocenters. The third-order valence-electron chi connectivity index (χ3n) is 2.99. The van der Waals surface area contributed by atoms with Crippen LogP contribution in [0, 0.1) is 41.2 Å². The molecule has 0 bridgehead atoms. The summed E-state index contributed by atoms with van der Waals surface area (Å²) in [6, 6.07) is 5.09. The van der Waals surface area contributed by atoms with Crippen LogP contribution in [0.5, 0.6) is 0 Å². The zero-order valence-electron chi connectivity index (χ0n) is 10.8. The van der Waals surface area contributed by atoms with Gasteiger partial charge in [-0.05, 0) is 18.6 Å². The highest BCUT2D eigenvalue weighted by atomic mass is 19.1. The van der Waals surface area contributed by atoms with Gasteiger partial charge in [-0.1, -0.05) is 0 Å². The van der Waals surface area contributed by atoms with E-state index >= 15 is 0 Å². The van der Waals surface area contributed by atoms with Crippen molar-refractivity contribution in [3.8, 4) is 23.3 Å². The number of anilines is 1. The number of nitrogens with one attached hydrogen (secondary N) is 1. The molecule has 2 aromatic rings. The van der Waals surface area contributed by atoms with Gasteiger partial charge in [0, 0.05) is 17.2 Å². The Balaban J connectivity index is 3.00. The number of hydrogen-bond donors (Lipinski definition) is 2. The summed E-state index contributed by atoms with van der Waals surface area (Å²) < 4.78 is 27.3. The number of rotatable bonds is 1. The highest BCUT2D eigenvalue weighted by Gasteiger charge is 2.21. The Bertz CT molecular complexity index is 888. The fourth-order valence-electron chi connectivity index (χ4n) is 1.96. The van der Waals surface area contributed by atoms with Gasteiger partial charge in [0.2, 0.25) is 0 Å². The molecule has 0 saturated heterocycles. The third-order valence-corrected chi connectivity index (χ3v) is 2.99. The SMILES string of the molecule is Cc1cc(-c2c(C#N)c(N)[nH]c(=O)c2C#N)c(F)cc1F. The molecule has 0 spiro atoms. The number of aromatic nitrogens is 1. The van der Waals surface area contributed by atoms with Gasteiger partial charge in [0.1, 0.15) is 40.7 Å². The van der Waals surface area contributed by atoms with E-state index in [4.69, 9.17) is 16.3 Å². The molecule has 2 rings (SSSR count). The zero-order chi connectivity index (χ0) is 15.7. The smallest absolute Gasteiger partial charge is 0.268 e. The first-order chi connectivity index (χ1) is 9.90. The van der Waals surface area contributed by atoms with Gasteiger partial charge < -0.3 is 10.7 Å². The molecule has 1 aromatic carbocycles. The summed E-state index contributed by atoms with van der Waals surface area (Å²) in [7, 11) is 0. The first kappa shape index (κ1) is 14.2. The van der Waals surface area contributed by atoms with Crippen LogP contribution in [0.3, 0.4) is 0 Å². The van der Waals surface area contributed by atoms with E-state index in [1.807, 2.05) is 0 Å². The molecule has 1 aromatic heterocycles. The summed E-state index contributed by atoms with van der Waals surface area (Å²) in [5.41, 5.74) is 3.65. The second-order valence-corrected chi connectivity index (χ2v) is 4.30. The molecule has 1 heterocycles. The molecular weight excluding hydrogens is 278 g/mol. The molecule has 104 valence electrons. The molecule has 0 saturated carbocycles. The maximum atomic E-state index is 14.0. The minimum Gasteiger partial charge on any atom is -0.384 e. The van der Waals surface area contributed by atoms with E-state index in [9.17, 15) is 13.6 Å². The predicted molar refractivity (Wildman–Crippen MR) is 71.0 cm³/mol. The maximum absolute atomic E-state index is 14.0. The topological polar surface area (TPSA) is 106 Å². The number of pyridine rings is 1. The van der Waals surface area contributed by atoms with E-state index in [1.165, 1.54) is 6.92 Å². The molecule has 0 amide bonds. The van der Waals surface area contributed by atoms with Gasteiger partial charge in [0.05, 0.1) is 0 Å². The van der Waals surface area contributed by atoms with Crippen LogP contribution in [0.2, 0.25) is 0 Å². The lowest BCUT2D eigenvalue weighted by Crippen LogP contribution is -2.16. The number of aryl methyl sites for hydroxylation is 1. The minimum atomic E-state index is -0.990. The van der Waals surface area contributed by atoms with Crippen LogP contribution in [0.15, 0.2) is 16.9 Å². The van der Waals surface area contributed by atoms with Gasteiger partial charge in [-0.2, -0.15) is 10.5 Å². The first-order valence-corrected chi connectivity index (χ1v) is 5.72. The van der Waals surface area contributed by atoms with Gasteiger partial charge in [0.25, 0.3) is 5.56 Å². The van der Waals surface area contributed by atoms with Crippen molar-refractivity contribution < 1.29 is 8.78 Å². The highest BCUT2D eigenvalue weighted by Crippen LogP contribution is 2.31. The van der Waals surface area contributed by atoms with Gasteiger partial charge >= 0.3 is 0 Å². The van der Waals surface area contributed by atoms with Gasteiger partial charge in [0.15, 0.2) is 0 Å². The summed E-state index contributed by atoms with van der Waals surface area (Å²) in [4.78, 5) is 13.9. The summed E-state index contributed by atoms with van der Waals surface area (Å²) in [5, 5.41) is 18.2. The van der Waals surface area contributed by atoms with Crippen molar-refractivity contribution in [3.63, 3.8) is 0 Å². The molecular formula is C14H8F2N4O. The van der Waals surface area contributed by atoms with Crippen LogP contribution in [-0.4, -0.2) is 4.98 Å². The van der Waals surface area contributed by atoms with Crippen LogP contribution in [0.1, 0.15) is 16.7 Å². The Hall–Kier alpha value is -3.19. The van der Waals surface area contributed by atoms with Crippen LogP contribution < -0.4 is 11.3 Å². The quantitative estimate of drug-likeness (QED) is 0.835. The normalized spacial score (nSPS) is 9.95. The van der Waals surface area contributed by atoms with Crippen molar-refractivity contribution in [1.29, 1.82) is 10.5 Å². The van der Waals surface area contributed by atoms with E-state index in [-0.39, 0.29) is 28.1 Å². The molecule has 5 nitrogen and oxygen atoms in total. The Labute approximate surface area is 117 Å². The van der Waals surface area contributed by atoms with Crippen LogP contribution >= 0.6 is 0 Å².